The number of nitrogens with zero attached hydrogens (tertiary/aromatic N) is 1. The fourth-order valence-electron chi connectivity index (χ4n) is 2.09. The van der Waals surface area contributed by atoms with Crippen molar-refractivity contribution < 1.29 is 9.53 Å². The molecule has 0 atom stereocenters. The average molecular weight is 312 g/mol. The highest BCUT2D eigenvalue weighted by atomic mass is 32.1. The summed E-state index contributed by atoms with van der Waals surface area (Å²) in [6, 6.07) is 17.4. The number of amides is 1. The molecule has 5 heteroatoms. The number of hydrogen-bond acceptors (Lipinski definition) is 4. The number of ether oxygens (including phenoxy) is 1. The van der Waals surface area contributed by atoms with E-state index in [2.05, 4.69) is 16.4 Å². The lowest BCUT2D eigenvalue weighted by molar-refractivity contribution is 0.160. The fraction of sp³-hybridized carbons (Fsp3) is 0.176. The van der Waals surface area contributed by atoms with E-state index in [1.54, 1.807) is 11.3 Å². The first-order valence-corrected chi connectivity index (χ1v) is 7.96. The van der Waals surface area contributed by atoms with E-state index in [1.165, 1.54) is 4.70 Å². The highest BCUT2D eigenvalue weighted by Gasteiger charge is 2.05. The maximum Gasteiger partial charge on any atom is 0.411 e. The molecular weight excluding hydrogens is 296 g/mol. The van der Waals surface area contributed by atoms with E-state index in [4.69, 9.17) is 4.74 Å². The molecule has 0 fully saturated rings. The summed E-state index contributed by atoms with van der Waals surface area (Å²) in [5.41, 5.74) is 1.77. The molecular formula is C17H16N2O2S. The highest BCUT2D eigenvalue weighted by Crippen LogP contribution is 2.22. The molecule has 3 rings (SSSR count). The molecule has 0 unspecified atom stereocenters. The second-order valence-corrected chi connectivity index (χ2v) is 5.92. The first kappa shape index (κ1) is 14.5. The number of hydrogen-bond donors (Lipinski definition) is 1. The van der Waals surface area contributed by atoms with Crippen molar-refractivity contribution in [2.75, 3.05) is 11.9 Å². The molecule has 22 heavy (non-hydrogen) atoms. The summed E-state index contributed by atoms with van der Waals surface area (Å²) in [5.74, 6) is 0. The third kappa shape index (κ3) is 3.83. The molecule has 0 bridgehead atoms. The van der Waals surface area contributed by atoms with Gasteiger partial charge >= 0.3 is 6.09 Å². The molecule has 0 aliphatic rings. The normalized spacial score (nSPS) is 10.5. The monoisotopic (exact) mass is 312 g/mol. The Morgan fingerprint density at radius 2 is 1.86 bits per heavy atom. The Bertz CT molecular complexity index is 722. The van der Waals surface area contributed by atoms with E-state index >= 15 is 0 Å². The van der Waals surface area contributed by atoms with Crippen molar-refractivity contribution in [2.45, 2.75) is 12.8 Å². The number of carbonyl (C=O) groups is 1. The average Bonchev–Trinajstić information content (AvgIpc) is 2.95. The lowest BCUT2D eigenvalue weighted by Crippen LogP contribution is -2.14. The molecule has 2 aromatic carbocycles. The number of thiazole rings is 1. The van der Waals surface area contributed by atoms with Crippen LogP contribution in [0.3, 0.4) is 0 Å². The van der Waals surface area contributed by atoms with Crippen molar-refractivity contribution in [3.63, 3.8) is 0 Å². The Morgan fingerprint density at radius 1 is 1.09 bits per heavy atom. The molecule has 4 nitrogen and oxygen atoms in total. The first-order valence-electron chi connectivity index (χ1n) is 7.14. The highest BCUT2D eigenvalue weighted by molar-refractivity contribution is 7.18. The van der Waals surface area contributed by atoms with Crippen LogP contribution in [0.2, 0.25) is 0 Å². The molecule has 0 spiro atoms. The van der Waals surface area contributed by atoms with Gasteiger partial charge in [0.25, 0.3) is 0 Å². The van der Waals surface area contributed by atoms with Gasteiger partial charge in [-0.1, -0.05) is 30.3 Å². The van der Waals surface area contributed by atoms with Gasteiger partial charge in [0.15, 0.2) is 0 Å². The van der Waals surface area contributed by atoms with Crippen LogP contribution in [0.1, 0.15) is 11.4 Å². The third-order valence-electron chi connectivity index (χ3n) is 3.13. The van der Waals surface area contributed by atoms with E-state index in [0.717, 1.165) is 29.1 Å². The number of carbonyl (C=O) groups excluding carboxylic acids is 1. The number of para-hydroxylation sites is 2. The van der Waals surface area contributed by atoms with E-state index in [9.17, 15) is 4.79 Å². The lowest BCUT2D eigenvalue weighted by atomic mass is 10.3. The van der Waals surface area contributed by atoms with Gasteiger partial charge in [-0.05, 0) is 30.7 Å². The van der Waals surface area contributed by atoms with Gasteiger partial charge in [-0.3, -0.25) is 5.32 Å². The molecule has 1 N–H and O–H groups in total. The molecule has 0 aliphatic carbocycles. The summed E-state index contributed by atoms with van der Waals surface area (Å²) < 4.78 is 6.36. The zero-order chi connectivity index (χ0) is 15.2. The number of aromatic nitrogens is 1. The van der Waals surface area contributed by atoms with Crippen LogP contribution in [0.25, 0.3) is 10.2 Å². The first-order chi connectivity index (χ1) is 10.8. The minimum absolute atomic E-state index is 0.384. The van der Waals surface area contributed by atoms with E-state index in [0.29, 0.717) is 6.61 Å². The van der Waals surface area contributed by atoms with Gasteiger partial charge < -0.3 is 4.74 Å². The minimum Gasteiger partial charge on any atom is -0.449 e. The van der Waals surface area contributed by atoms with Crippen molar-refractivity contribution in [1.29, 1.82) is 0 Å². The number of rotatable bonds is 5. The summed E-state index contributed by atoms with van der Waals surface area (Å²) in [6.45, 7) is 0.384. The third-order valence-corrected chi connectivity index (χ3v) is 4.22. The van der Waals surface area contributed by atoms with E-state index in [1.807, 2.05) is 48.5 Å². The van der Waals surface area contributed by atoms with Gasteiger partial charge in [0, 0.05) is 12.1 Å². The number of anilines is 1. The standard InChI is InChI=1S/C17H16N2O2S/c20-17(18-13-7-2-1-3-8-13)21-12-6-11-16-19-14-9-4-5-10-15(14)22-16/h1-5,7-10H,6,11-12H2,(H,18,20). The van der Waals surface area contributed by atoms with Crippen LogP contribution in [0.5, 0.6) is 0 Å². The SMILES string of the molecule is O=C(Nc1ccccc1)OCCCc1nc2ccccc2s1. The van der Waals surface area contributed by atoms with Gasteiger partial charge in [0.05, 0.1) is 21.8 Å². The van der Waals surface area contributed by atoms with Crippen LogP contribution < -0.4 is 5.32 Å². The van der Waals surface area contributed by atoms with Crippen molar-refractivity contribution in [3.8, 4) is 0 Å². The summed E-state index contributed by atoms with van der Waals surface area (Å²) in [7, 11) is 0. The van der Waals surface area contributed by atoms with E-state index in [-0.39, 0.29) is 0 Å². The summed E-state index contributed by atoms with van der Waals surface area (Å²) in [6.07, 6.45) is 1.16. The van der Waals surface area contributed by atoms with Crippen LogP contribution in [0, 0.1) is 0 Å². The quantitative estimate of drug-likeness (QED) is 0.707. The zero-order valence-electron chi connectivity index (χ0n) is 12.0. The van der Waals surface area contributed by atoms with Crippen LogP contribution in [0.4, 0.5) is 10.5 Å². The van der Waals surface area contributed by atoms with Crippen LogP contribution >= 0.6 is 11.3 Å². The Balaban J connectivity index is 1.42. The smallest absolute Gasteiger partial charge is 0.411 e. The topological polar surface area (TPSA) is 51.2 Å². The molecule has 112 valence electrons. The number of nitrogens with one attached hydrogen (secondary N) is 1. The zero-order valence-corrected chi connectivity index (χ0v) is 12.8. The predicted octanol–water partition coefficient (Wildman–Crippen LogP) is 4.48. The van der Waals surface area contributed by atoms with Crippen molar-refractivity contribution in [1.82, 2.24) is 4.98 Å². The van der Waals surface area contributed by atoms with Gasteiger partial charge in [-0.2, -0.15) is 0 Å². The van der Waals surface area contributed by atoms with Gasteiger partial charge in [-0.25, -0.2) is 9.78 Å². The summed E-state index contributed by atoms with van der Waals surface area (Å²) in [5, 5.41) is 3.76. The lowest BCUT2D eigenvalue weighted by Gasteiger charge is -2.06. The summed E-state index contributed by atoms with van der Waals surface area (Å²) in [4.78, 5) is 16.2. The molecule has 1 aromatic heterocycles. The second kappa shape index (κ2) is 7.04. The molecule has 0 saturated heterocycles. The molecule has 1 amide bonds. The van der Waals surface area contributed by atoms with E-state index < -0.39 is 6.09 Å². The predicted molar refractivity (Wildman–Crippen MR) is 89.4 cm³/mol. The fourth-order valence-corrected chi connectivity index (χ4v) is 3.10. The van der Waals surface area contributed by atoms with Crippen molar-refractivity contribution in [2.24, 2.45) is 0 Å². The summed E-state index contributed by atoms with van der Waals surface area (Å²) >= 11 is 1.69. The van der Waals surface area contributed by atoms with Gasteiger partial charge in [-0.15, -0.1) is 11.3 Å². The minimum atomic E-state index is -0.421. The molecule has 0 aliphatic heterocycles. The Kier molecular flexibility index (Phi) is 4.65. The molecule has 3 aromatic rings. The van der Waals surface area contributed by atoms with Gasteiger partial charge in [0.2, 0.25) is 0 Å². The number of aryl methyl sites for hydroxylation is 1. The maximum absolute atomic E-state index is 11.6. The molecule has 1 heterocycles. The Morgan fingerprint density at radius 3 is 2.68 bits per heavy atom. The molecule has 0 saturated carbocycles. The Labute approximate surface area is 132 Å². The second-order valence-electron chi connectivity index (χ2n) is 4.81. The van der Waals surface area contributed by atoms with Gasteiger partial charge in [0.1, 0.15) is 0 Å². The van der Waals surface area contributed by atoms with Crippen molar-refractivity contribution in [3.05, 3.63) is 59.6 Å². The Hall–Kier alpha value is -2.40. The van der Waals surface area contributed by atoms with Crippen molar-refractivity contribution >= 4 is 33.3 Å². The number of benzene rings is 2. The van der Waals surface area contributed by atoms with Crippen LogP contribution in [0.15, 0.2) is 54.6 Å². The van der Waals surface area contributed by atoms with Crippen LogP contribution in [-0.2, 0) is 11.2 Å². The molecule has 0 radical (unpaired) electrons. The van der Waals surface area contributed by atoms with Crippen LogP contribution in [-0.4, -0.2) is 17.7 Å². The number of fused-ring (bicyclic) bond motifs is 1. The maximum atomic E-state index is 11.6. The largest absolute Gasteiger partial charge is 0.449 e.